The fourth-order valence-corrected chi connectivity index (χ4v) is 4.53. The topological polar surface area (TPSA) is 27.0 Å². The molecule has 0 atom stereocenters. The van der Waals surface area contributed by atoms with Crippen molar-refractivity contribution in [3.63, 3.8) is 0 Å². The zero-order chi connectivity index (χ0) is 27.4. The van der Waals surface area contributed by atoms with Gasteiger partial charge < -0.3 is 4.90 Å². The Balaban J connectivity index is 0.000000531. The van der Waals surface area contributed by atoms with Crippen molar-refractivity contribution in [2.24, 2.45) is 0 Å². The first kappa shape index (κ1) is 29.1. The molecule has 190 valence electrons. The number of hydrogen-bond donors (Lipinski definition) is 0. The van der Waals surface area contributed by atoms with E-state index in [1.54, 1.807) is 6.08 Å². The van der Waals surface area contributed by atoms with E-state index >= 15 is 0 Å². The highest BCUT2D eigenvalue weighted by Gasteiger charge is 2.35. The Hall–Kier alpha value is -4.09. The van der Waals surface area contributed by atoms with Crippen LogP contribution in [0, 0.1) is 11.3 Å². The molecule has 0 aliphatic heterocycles. The van der Waals surface area contributed by atoms with Crippen molar-refractivity contribution in [1.29, 1.82) is 5.26 Å². The molecule has 0 saturated heterocycles. The third-order valence-electron chi connectivity index (χ3n) is 6.35. The monoisotopic (exact) mass is 488 g/mol. The third-order valence-corrected chi connectivity index (χ3v) is 6.35. The van der Waals surface area contributed by atoms with E-state index < -0.39 is 0 Å². The molecule has 0 saturated carbocycles. The molecule has 1 aliphatic carbocycles. The van der Waals surface area contributed by atoms with Gasteiger partial charge in [0.15, 0.2) is 0 Å². The van der Waals surface area contributed by atoms with Crippen LogP contribution in [-0.2, 0) is 5.41 Å². The Morgan fingerprint density at radius 2 is 1.54 bits per heavy atom. The molecule has 2 nitrogen and oxygen atoms in total. The summed E-state index contributed by atoms with van der Waals surface area (Å²) < 4.78 is 0. The maximum Gasteiger partial charge on any atom is 0.0991 e. The van der Waals surface area contributed by atoms with Crippen molar-refractivity contribution in [3.05, 3.63) is 133 Å². The van der Waals surface area contributed by atoms with Crippen LogP contribution in [0.3, 0.4) is 0 Å². The lowest BCUT2D eigenvalue weighted by Gasteiger charge is -2.28. The first-order valence-corrected chi connectivity index (χ1v) is 13.0. The maximum atomic E-state index is 9.14. The van der Waals surface area contributed by atoms with Gasteiger partial charge in [0.2, 0.25) is 0 Å². The largest absolute Gasteiger partial charge is 0.311 e. The van der Waals surface area contributed by atoms with Gasteiger partial charge in [-0.3, -0.25) is 0 Å². The molecule has 0 radical (unpaired) electrons. The zero-order valence-corrected chi connectivity index (χ0v) is 23.3. The maximum absolute atomic E-state index is 9.14. The van der Waals surface area contributed by atoms with Gasteiger partial charge in [-0.1, -0.05) is 102 Å². The van der Waals surface area contributed by atoms with Crippen LogP contribution in [0.25, 0.3) is 11.1 Å². The minimum absolute atomic E-state index is 0.0530. The van der Waals surface area contributed by atoms with Gasteiger partial charge in [0.25, 0.3) is 0 Å². The smallest absolute Gasteiger partial charge is 0.0991 e. The predicted molar refractivity (Wildman–Crippen MR) is 162 cm³/mol. The summed E-state index contributed by atoms with van der Waals surface area (Å²) >= 11 is 0. The van der Waals surface area contributed by atoms with Gasteiger partial charge in [0.05, 0.1) is 11.6 Å². The normalized spacial score (nSPS) is 12.6. The van der Waals surface area contributed by atoms with Gasteiger partial charge in [0, 0.05) is 22.5 Å². The standard InChI is InChI=1S/C27H24N2.C6H10.C2H6/c1-5-20(6-2)29(21-13-11-19(18-28)12-14-21)22-15-16-24-23-9-7-8-10-25(23)27(3,4)26(24)17-22;1-3-5-6-4-2;1-2/h5-17H,1H2,2-4H3;3,5-6H,1,4H2,2H3;1-2H3/b20-6+;6-5-;. The van der Waals surface area contributed by atoms with Crippen LogP contribution in [0.15, 0.2) is 116 Å². The molecule has 0 spiro atoms. The molecule has 3 aromatic rings. The SMILES string of the molecule is C=C/C(=C\C)N(c1ccc(C#N)cc1)c1ccc2c(c1)C(C)(C)c1ccccc1-2.C=C/C=C\CC.CC. The summed E-state index contributed by atoms with van der Waals surface area (Å²) in [6.45, 7) is 20.2. The fraction of sp³-hybridized carbons (Fsp3) is 0.229. The molecule has 4 rings (SSSR count). The molecule has 0 fully saturated rings. The Morgan fingerprint density at radius 3 is 2.08 bits per heavy atom. The van der Waals surface area contributed by atoms with E-state index in [-0.39, 0.29) is 5.41 Å². The molecular formula is C35H40N2. The number of nitrogens with zero attached hydrogens (tertiary/aromatic N) is 2. The lowest BCUT2D eigenvalue weighted by Crippen LogP contribution is -2.18. The van der Waals surface area contributed by atoms with Gasteiger partial charge in [-0.2, -0.15) is 5.26 Å². The second kappa shape index (κ2) is 13.9. The first-order chi connectivity index (χ1) is 17.9. The third kappa shape index (κ3) is 6.38. The number of hydrogen-bond acceptors (Lipinski definition) is 2. The summed E-state index contributed by atoms with van der Waals surface area (Å²) in [6, 6.07) is 25.2. The number of benzene rings is 3. The molecule has 0 amide bonds. The van der Waals surface area contributed by atoms with E-state index in [0.29, 0.717) is 5.56 Å². The lowest BCUT2D eigenvalue weighted by atomic mass is 9.82. The van der Waals surface area contributed by atoms with Crippen LogP contribution >= 0.6 is 0 Å². The Labute approximate surface area is 224 Å². The molecule has 1 aliphatic rings. The number of allylic oxidation sites excluding steroid dienone is 5. The number of anilines is 2. The second-order valence-electron chi connectivity index (χ2n) is 8.88. The van der Waals surface area contributed by atoms with E-state index in [0.717, 1.165) is 23.5 Å². The van der Waals surface area contributed by atoms with E-state index in [1.165, 1.54) is 22.3 Å². The van der Waals surface area contributed by atoms with Crippen LogP contribution in [0.1, 0.15) is 64.7 Å². The van der Waals surface area contributed by atoms with E-state index in [2.05, 4.69) is 99.5 Å². The molecule has 0 unspecified atom stereocenters. The summed E-state index contributed by atoms with van der Waals surface area (Å²) in [5, 5.41) is 9.14. The van der Waals surface area contributed by atoms with E-state index in [9.17, 15) is 0 Å². The van der Waals surface area contributed by atoms with Gasteiger partial charge in [-0.15, -0.1) is 0 Å². The molecule has 0 N–H and O–H groups in total. The number of rotatable bonds is 6. The number of nitriles is 1. The molecule has 0 aromatic heterocycles. The Kier molecular flexibility index (Phi) is 10.9. The summed E-state index contributed by atoms with van der Waals surface area (Å²) in [4.78, 5) is 2.19. The molecule has 37 heavy (non-hydrogen) atoms. The van der Waals surface area contributed by atoms with Gasteiger partial charge in [0.1, 0.15) is 0 Å². The average molecular weight is 489 g/mol. The highest BCUT2D eigenvalue weighted by atomic mass is 15.1. The second-order valence-corrected chi connectivity index (χ2v) is 8.88. The van der Waals surface area contributed by atoms with Crippen LogP contribution in [-0.4, -0.2) is 0 Å². The predicted octanol–water partition coefficient (Wildman–Crippen LogP) is 10.3. The van der Waals surface area contributed by atoms with Crippen molar-refractivity contribution < 1.29 is 0 Å². The van der Waals surface area contributed by atoms with Gasteiger partial charge in [-0.25, -0.2) is 0 Å². The van der Waals surface area contributed by atoms with Crippen LogP contribution in [0.5, 0.6) is 0 Å². The number of fused-ring (bicyclic) bond motifs is 3. The van der Waals surface area contributed by atoms with Crippen LogP contribution < -0.4 is 4.90 Å². The van der Waals surface area contributed by atoms with Gasteiger partial charge >= 0.3 is 0 Å². The van der Waals surface area contributed by atoms with Gasteiger partial charge in [-0.05, 0) is 78.1 Å². The summed E-state index contributed by atoms with van der Waals surface area (Å²) in [5.41, 5.74) is 9.01. The molecular weight excluding hydrogens is 448 g/mol. The van der Waals surface area contributed by atoms with Crippen LogP contribution in [0.4, 0.5) is 11.4 Å². The van der Waals surface area contributed by atoms with Crippen molar-refractivity contribution >= 4 is 11.4 Å². The highest BCUT2D eigenvalue weighted by Crippen LogP contribution is 2.50. The van der Waals surface area contributed by atoms with E-state index in [1.807, 2.05) is 57.2 Å². The highest BCUT2D eigenvalue weighted by molar-refractivity contribution is 5.84. The quantitative estimate of drug-likeness (QED) is 0.323. The lowest BCUT2D eigenvalue weighted by molar-refractivity contribution is 0.660. The minimum Gasteiger partial charge on any atom is -0.311 e. The Bertz CT molecular complexity index is 1300. The molecule has 2 heteroatoms. The summed E-state index contributed by atoms with van der Waals surface area (Å²) in [5.74, 6) is 0. The fourth-order valence-electron chi connectivity index (χ4n) is 4.53. The summed E-state index contributed by atoms with van der Waals surface area (Å²) in [7, 11) is 0. The van der Waals surface area contributed by atoms with Crippen molar-refractivity contribution in [2.75, 3.05) is 4.90 Å². The first-order valence-electron chi connectivity index (χ1n) is 13.0. The van der Waals surface area contributed by atoms with Crippen molar-refractivity contribution in [3.8, 4) is 17.2 Å². The minimum atomic E-state index is -0.0530. The molecule has 3 aromatic carbocycles. The van der Waals surface area contributed by atoms with Crippen LogP contribution in [0.2, 0.25) is 0 Å². The summed E-state index contributed by atoms with van der Waals surface area (Å²) in [6.07, 6.45) is 10.8. The van der Waals surface area contributed by atoms with Crippen molar-refractivity contribution in [2.45, 2.75) is 53.4 Å². The van der Waals surface area contributed by atoms with Crippen molar-refractivity contribution in [1.82, 2.24) is 0 Å². The molecule has 0 bridgehead atoms. The molecule has 0 heterocycles. The average Bonchev–Trinajstić information content (AvgIpc) is 3.18. The zero-order valence-electron chi connectivity index (χ0n) is 23.3. The van der Waals surface area contributed by atoms with E-state index in [4.69, 9.17) is 5.26 Å². The Morgan fingerprint density at radius 1 is 0.919 bits per heavy atom.